The number of rotatable bonds is 2. The zero-order chi connectivity index (χ0) is 11.7. The predicted octanol–water partition coefficient (Wildman–Crippen LogP) is 2.48. The Balaban J connectivity index is 3.70. The maximum Gasteiger partial charge on any atom is 0.163 e. The summed E-state index contributed by atoms with van der Waals surface area (Å²) in [5.74, 6) is -0.101. The Kier molecular flexibility index (Phi) is 3.03. The van der Waals surface area contributed by atoms with E-state index in [1.807, 2.05) is 6.92 Å². The van der Waals surface area contributed by atoms with Crippen LogP contribution in [-0.2, 0) is 6.42 Å². The average molecular weight is 208 g/mol. The highest BCUT2D eigenvalue weighted by Crippen LogP contribution is 2.37. The Morgan fingerprint density at radius 1 is 1.13 bits per heavy atom. The number of aromatic hydroxyl groups is 2. The van der Waals surface area contributed by atoms with Gasteiger partial charge in [0.05, 0.1) is 5.56 Å². The monoisotopic (exact) mass is 208 g/mol. The molecule has 0 spiro atoms. The lowest BCUT2D eigenvalue weighted by atomic mass is 9.93. The number of carbonyl (C=O) groups excluding carboxylic acids is 1. The normalized spacial score (nSPS) is 10.4. The third-order valence-corrected chi connectivity index (χ3v) is 2.80. The molecule has 0 aliphatic rings. The van der Waals surface area contributed by atoms with E-state index < -0.39 is 0 Å². The van der Waals surface area contributed by atoms with Gasteiger partial charge in [-0.25, -0.2) is 0 Å². The van der Waals surface area contributed by atoms with Gasteiger partial charge in [0, 0.05) is 5.56 Å². The third-order valence-electron chi connectivity index (χ3n) is 2.80. The van der Waals surface area contributed by atoms with Crippen LogP contribution in [0.5, 0.6) is 11.5 Å². The summed E-state index contributed by atoms with van der Waals surface area (Å²) in [6, 6.07) is 0. The molecule has 0 radical (unpaired) electrons. The van der Waals surface area contributed by atoms with E-state index in [2.05, 4.69) is 0 Å². The third kappa shape index (κ3) is 1.69. The van der Waals surface area contributed by atoms with Gasteiger partial charge < -0.3 is 10.2 Å². The smallest absolute Gasteiger partial charge is 0.163 e. The fraction of sp³-hybridized carbons (Fsp3) is 0.417. The quantitative estimate of drug-likeness (QED) is 0.580. The van der Waals surface area contributed by atoms with Crippen LogP contribution in [-0.4, -0.2) is 16.0 Å². The fourth-order valence-corrected chi connectivity index (χ4v) is 1.75. The van der Waals surface area contributed by atoms with Crippen molar-refractivity contribution in [2.24, 2.45) is 0 Å². The second kappa shape index (κ2) is 3.93. The van der Waals surface area contributed by atoms with Crippen LogP contribution >= 0.6 is 0 Å². The van der Waals surface area contributed by atoms with E-state index in [0.29, 0.717) is 23.1 Å². The second-order valence-electron chi connectivity index (χ2n) is 3.71. The number of Topliss-reactive ketones (excluding diaryl/α,β-unsaturated/α-hetero) is 1. The molecule has 0 aromatic heterocycles. The van der Waals surface area contributed by atoms with E-state index in [0.717, 1.165) is 0 Å². The van der Waals surface area contributed by atoms with Gasteiger partial charge in [0.15, 0.2) is 5.78 Å². The van der Waals surface area contributed by atoms with E-state index in [9.17, 15) is 15.0 Å². The first-order valence-electron chi connectivity index (χ1n) is 4.96. The number of benzene rings is 1. The summed E-state index contributed by atoms with van der Waals surface area (Å²) in [6.45, 7) is 6.65. The summed E-state index contributed by atoms with van der Waals surface area (Å²) in [6.07, 6.45) is 0.523. The minimum Gasteiger partial charge on any atom is -0.507 e. The average Bonchev–Trinajstić information content (AvgIpc) is 2.19. The highest BCUT2D eigenvalue weighted by Gasteiger charge is 2.20. The van der Waals surface area contributed by atoms with Gasteiger partial charge in [-0.3, -0.25) is 4.79 Å². The van der Waals surface area contributed by atoms with Crippen LogP contribution in [0.2, 0.25) is 0 Å². The first kappa shape index (κ1) is 11.6. The first-order chi connectivity index (χ1) is 6.91. The lowest BCUT2D eigenvalue weighted by molar-refractivity contribution is 0.101. The molecule has 3 heteroatoms. The van der Waals surface area contributed by atoms with Crippen molar-refractivity contribution in [3.05, 3.63) is 22.3 Å². The van der Waals surface area contributed by atoms with Gasteiger partial charge in [0.1, 0.15) is 11.5 Å². The van der Waals surface area contributed by atoms with E-state index in [-0.39, 0.29) is 22.8 Å². The summed E-state index contributed by atoms with van der Waals surface area (Å²) in [5, 5.41) is 19.7. The van der Waals surface area contributed by atoms with E-state index in [1.165, 1.54) is 6.92 Å². The van der Waals surface area contributed by atoms with Crippen molar-refractivity contribution >= 4 is 5.78 Å². The molecule has 1 rings (SSSR count). The maximum atomic E-state index is 11.4. The van der Waals surface area contributed by atoms with Gasteiger partial charge in [-0.15, -0.1) is 0 Å². The van der Waals surface area contributed by atoms with Gasteiger partial charge in [0.2, 0.25) is 0 Å². The molecule has 0 atom stereocenters. The molecule has 1 aromatic carbocycles. The molecule has 1 aromatic rings. The molecule has 0 fully saturated rings. The van der Waals surface area contributed by atoms with Crippen molar-refractivity contribution in [2.75, 3.05) is 0 Å². The van der Waals surface area contributed by atoms with Crippen LogP contribution in [0.4, 0.5) is 0 Å². The number of hydrogen-bond acceptors (Lipinski definition) is 3. The second-order valence-corrected chi connectivity index (χ2v) is 3.71. The van der Waals surface area contributed by atoms with Crippen LogP contribution in [0.1, 0.15) is 40.9 Å². The summed E-state index contributed by atoms with van der Waals surface area (Å²) in [5.41, 5.74) is 1.98. The minimum absolute atomic E-state index is 0.00495. The molecule has 0 unspecified atom stereocenters. The number of hydrogen-bond donors (Lipinski definition) is 2. The van der Waals surface area contributed by atoms with Crippen LogP contribution in [0.25, 0.3) is 0 Å². The first-order valence-corrected chi connectivity index (χ1v) is 4.96. The van der Waals surface area contributed by atoms with Crippen LogP contribution < -0.4 is 0 Å². The van der Waals surface area contributed by atoms with Crippen LogP contribution in [0.15, 0.2) is 0 Å². The predicted molar refractivity (Wildman–Crippen MR) is 58.6 cm³/mol. The highest BCUT2D eigenvalue weighted by molar-refractivity contribution is 5.99. The van der Waals surface area contributed by atoms with E-state index >= 15 is 0 Å². The molecule has 2 N–H and O–H groups in total. The minimum atomic E-state index is -0.220. The largest absolute Gasteiger partial charge is 0.507 e. The molecule has 0 aliphatic heterocycles. The molecule has 0 amide bonds. The van der Waals surface area contributed by atoms with E-state index in [1.54, 1.807) is 13.8 Å². The molecule has 15 heavy (non-hydrogen) atoms. The fourth-order valence-electron chi connectivity index (χ4n) is 1.75. The van der Waals surface area contributed by atoms with Gasteiger partial charge in [-0.1, -0.05) is 6.92 Å². The Hall–Kier alpha value is -1.51. The van der Waals surface area contributed by atoms with Crippen LogP contribution in [0, 0.1) is 13.8 Å². The Bertz CT molecular complexity index is 420. The molecule has 0 aliphatic carbocycles. The number of carbonyl (C=O) groups is 1. The number of phenols is 2. The number of ketones is 1. The zero-order valence-electron chi connectivity index (χ0n) is 9.51. The molecular weight excluding hydrogens is 192 g/mol. The Morgan fingerprint density at radius 2 is 1.60 bits per heavy atom. The topological polar surface area (TPSA) is 57.5 Å². The van der Waals surface area contributed by atoms with Crippen LogP contribution in [0.3, 0.4) is 0 Å². The van der Waals surface area contributed by atoms with Crippen molar-refractivity contribution < 1.29 is 15.0 Å². The van der Waals surface area contributed by atoms with Crippen molar-refractivity contribution in [3.8, 4) is 11.5 Å². The molecule has 0 bridgehead atoms. The van der Waals surface area contributed by atoms with Crippen molar-refractivity contribution in [1.82, 2.24) is 0 Å². The molecule has 0 saturated carbocycles. The standard InChI is InChI=1S/C12H16O3/c1-5-9-10(8(4)13)12(15)7(3)6(2)11(9)14/h14-15H,5H2,1-4H3. The summed E-state index contributed by atoms with van der Waals surface area (Å²) in [7, 11) is 0. The van der Waals surface area contributed by atoms with Gasteiger partial charge in [-0.05, 0) is 38.3 Å². The number of phenolic OH excluding ortho intramolecular Hbond substituents is 2. The lowest BCUT2D eigenvalue weighted by Crippen LogP contribution is -2.03. The van der Waals surface area contributed by atoms with Crippen molar-refractivity contribution in [3.63, 3.8) is 0 Å². The summed E-state index contributed by atoms with van der Waals surface area (Å²) >= 11 is 0. The maximum absolute atomic E-state index is 11.4. The Morgan fingerprint density at radius 3 is 2.00 bits per heavy atom. The Labute approximate surface area is 89.4 Å². The van der Waals surface area contributed by atoms with Crippen molar-refractivity contribution in [2.45, 2.75) is 34.1 Å². The molecule has 82 valence electrons. The lowest BCUT2D eigenvalue weighted by Gasteiger charge is -2.15. The van der Waals surface area contributed by atoms with Gasteiger partial charge >= 0.3 is 0 Å². The SMILES string of the molecule is CCc1c(O)c(C)c(C)c(O)c1C(C)=O. The van der Waals surface area contributed by atoms with E-state index in [4.69, 9.17) is 0 Å². The van der Waals surface area contributed by atoms with Crippen molar-refractivity contribution in [1.29, 1.82) is 0 Å². The molecule has 0 heterocycles. The summed E-state index contributed by atoms with van der Waals surface area (Å²) in [4.78, 5) is 11.4. The molecule has 3 nitrogen and oxygen atoms in total. The van der Waals surface area contributed by atoms with Gasteiger partial charge in [-0.2, -0.15) is 0 Å². The highest BCUT2D eigenvalue weighted by atomic mass is 16.3. The zero-order valence-corrected chi connectivity index (χ0v) is 9.51. The molecule has 0 saturated heterocycles. The van der Waals surface area contributed by atoms with Gasteiger partial charge in [0.25, 0.3) is 0 Å². The molecular formula is C12H16O3. The summed E-state index contributed by atoms with van der Waals surface area (Å²) < 4.78 is 0.